The molecule has 1 aromatic rings. The summed E-state index contributed by atoms with van der Waals surface area (Å²) in [7, 11) is 0. The van der Waals surface area contributed by atoms with Crippen molar-refractivity contribution in [3.8, 4) is 0 Å². The summed E-state index contributed by atoms with van der Waals surface area (Å²) >= 11 is 5.82. The van der Waals surface area contributed by atoms with Gasteiger partial charge in [0.15, 0.2) is 0 Å². The van der Waals surface area contributed by atoms with Gasteiger partial charge in [-0.15, -0.1) is 0 Å². The molecule has 0 saturated carbocycles. The van der Waals surface area contributed by atoms with Gasteiger partial charge in [-0.05, 0) is 24.0 Å². The van der Waals surface area contributed by atoms with E-state index in [2.05, 4.69) is 38.0 Å². The first-order chi connectivity index (χ1) is 8.31. The van der Waals surface area contributed by atoms with E-state index in [1.165, 1.54) is 12.1 Å². The number of nitrogens with one attached hydrogen (secondary N) is 1. The molecule has 0 aromatic carbocycles. The number of nitrogens with zero attached hydrogens (tertiary/aromatic N) is 1. The molecule has 0 radical (unpaired) electrons. The van der Waals surface area contributed by atoms with Crippen molar-refractivity contribution < 1.29 is 9.90 Å². The molecule has 1 heterocycles. The van der Waals surface area contributed by atoms with Crippen LogP contribution in [0, 0.1) is 11.8 Å². The lowest BCUT2D eigenvalue weighted by Gasteiger charge is -2.26. The molecule has 0 amide bonds. The maximum atomic E-state index is 10.9. The lowest BCUT2D eigenvalue weighted by atomic mass is 9.93. The van der Waals surface area contributed by atoms with E-state index in [-0.39, 0.29) is 16.8 Å². The first-order valence-electron chi connectivity index (χ1n) is 5.98. The van der Waals surface area contributed by atoms with Crippen molar-refractivity contribution in [3.05, 3.63) is 22.8 Å². The van der Waals surface area contributed by atoms with Crippen LogP contribution in [0.3, 0.4) is 0 Å². The number of aromatic nitrogens is 1. The minimum Gasteiger partial charge on any atom is -0.478 e. The number of pyridine rings is 1. The van der Waals surface area contributed by atoms with Gasteiger partial charge in [-0.1, -0.05) is 39.3 Å². The highest BCUT2D eigenvalue weighted by Crippen LogP contribution is 2.20. The monoisotopic (exact) mass is 270 g/mol. The molecule has 100 valence electrons. The van der Waals surface area contributed by atoms with Gasteiger partial charge in [0.05, 0.1) is 5.56 Å². The summed E-state index contributed by atoms with van der Waals surface area (Å²) in [5.41, 5.74) is 0.142. The van der Waals surface area contributed by atoms with Crippen molar-refractivity contribution in [1.29, 1.82) is 0 Å². The molecular weight excluding hydrogens is 252 g/mol. The van der Waals surface area contributed by atoms with Gasteiger partial charge in [-0.2, -0.15) is 0 Å². The van der Waals surface area contributed by atoms with E-state index in [9.17, 15) is 4.79 Å². The molecule has 2 N–H and O–H groups in total. The van der Waals surface area contributed by atoms with E-state index >= 15 is 0 Å². The maximum Gasteiger partial charge on any atom is 0.335 e. The van der Waals surface area contributed by atoms with Crippen LogP contribution < -0.4 is 5.32 Å². The normalized spacial score (nSPS) is 11.3. The Morgan fingerprint density at radius 3 is 2.28 bits per heavy atom. The highest BCUT2D eigenvalue weighted by molar-refractivity contribution is 6.29. The fourth-order valence-corrected chi connectivity index (χ4v) is 2.18. The highest BCUT2D eigenvalue weighted by atomic mass is 35.5. The zero-order valence-electron chi connectivity index (χ0n) is 11.1. The SMILES string of the molecule is CC(C)C(Nc1cc(C(=O)O)cc(Cl)n1)C(C)C. The Morgan fingerprint density at radius 2 is 1.83 bits per heavy atom. The third kappa shape index (κ3) is 3.88. The molecule has 4 nitrogen and oxygen atoms in total. The van der Waals surface area contributed by atoms with Gasteiger partial charge in [0.1, 0.15) is 11.0 Å². The summed E-state index contributed by atoms with van der Waals surface area (Å²) in [4.78, 5) is 15.1. The standard InChI is InChI=1S/C13H19ClN2O2/c1-7(2)12(8(3)4)16-11-6-9(13(17)18)5-10(14)15-11/h5-8,12H,1-4H3,(H,15,16)(H,17,18). The van der Waals surface area contributed by atoms with Crippen LogP contribution in [0.25, 0.3) is 0 Å². The van der Waals surface area contributed by atoms with Gasteiger partial charge in [0.25, 0.3) is 0 Å². The molecule has 5 heteroatoms. The molecule has 0 bridgehead atoms. The second-order valence-electron chi connectivity index (χ2n) is 5.03. The van der Waals surface area contributed by atoms with E-state index < -0.39 is 5.97 Å². The molecular formula is C13H19ClN2O2. The predicted molar refractivity (Wildman–Crippen MR) is 73.3 cm³/mol. The zero-order chi connectivity index (χ0) is 13.9. The van der Waals surface area contributed by atoms with E-state index in [0.29, 0.717) is 17.7 Å². The largest absolute Gasteiger partial charge is 0.478 e. The van der Waals surface area contributed by atoms with E-state index in [4.69, 9.17) is 16.7 Å². The molecule has 1 aromatic heterocycles. The number of hydrogen-bond donors (Lipinski definition) is 2. The van der Waals surface area contributed by atoms with Crippen molar-refractivity contribution in [2.45, 2.75) is 33.7 Å². The van der Waals surface area contributed by atoms with Crippen LogP contribution in [0.5, 0.6) is 0 Å². The Bertz CT molecular complexity index is 425. The molecule has 0 aliphatic rings. The van der Waals surface area contributed by atoms with Crippen molar-refractivity contribution in [2.24, 2.45) is 11.8 Å². The molecule has 0 atom stereocenters. The van der Waals surface area contributed by atoms with Crippen LogP contribution in [-0.2, 0) is 0 Å². The van der Waals surface area contributed by atoms with Crippen molar-refractivity contribution >= 4 is 23.4 Å². The smallest absolute Gasteiger partial charge is 0.335 e. The third-order valence-electron chi connectivity index (χ3n) is 2.79. The molecule has 0 fully saturated rings. The fraction of sp³-hybridized carbons (Fsp3) is 0.538. The van der Waals surface area contributed by atoms with Gasteiger partial charge in [-0.3, -0.25) is 0 Å². The van der Waals surface area contributed by atoms with Crippen LogP contribution in [-0.4, -0.2) is 22.1 Å². The summed E-state index contributed by atoms with van der Waals surface area (Å²) < 4.78 is 0. The molecule has 0 unspecified atom stereocenters. The minimum absolute atomic E-state index is 0.142. The first-order valence-corrected chi connectivity index (χ1v) is 6.36. The second kappa shape index (κ2) is 6.05. The number of anilines is 1. The van der Waals surface area contributed by atoms with Crippen molar-refractivity contribution in [1.82, 2.24) is 4.98 Å². The third-order valence-corrected chi connectivity index (χ3v) is 2.99. The Balaban J connectivity index is 2.99. The summed E-state index contributed by atoms with van der Waals surface area (Å²) in [6.07, 6.45) is 0. The van der Waals surface area contributed by atoms with Crippen molar-refractivity contribution in [2.75, 3.05) is 5.32 Å². The number of carboxylic acids is 1. The van der Waals surface area contributed by atoms with Crippen LogP contribution >= 0.6 is 11.6 Å². The average molecular weight is 271 g/mol. The summed E-state index contributed by atoms with van der Waals surface area (Å²) in [6, 6.07) is 3.07. The van der Waals surface area contributed by atoms with Crippen LogP contribution in [0.15, 0.2) is 12.1 Å². The number of hydrogen-bond acceptors (Lipinski definition) is 3. The topological polar surface area (TPSA) is 62.2 Å². The first kappa shape index (κ1) is 14.8. The average Bonchev–Trinajstić information content (AvgIpc) is 2.24. The van der Waals surface area contributed by atoms with Gasteiger partial charge < -0.3 is 10.4 Å². The second-order valence-corrected chi connectivity index (χ2v) is 5.41. The number of rotatable bonds is 5. The molecule has 1 rings (SSSR count). The quantitative estimate of drug-likeness (QED) is 0.804. The maximum absolute atomic E-state index is 10.9. The van der Waals surface area contributed by atoms with Gasteiger partial charge >= 0.3 is 5.97 Å². The van der Waals surface area contributed by atoms with Gasteiger partial charge in [0.2, 0.25) is 0 Å². The Morgan fingerprint density at radius 1 is 1.28 bits per heavy atom. The Labute approximate surface area is 112 Å². The van der Waals surface area contributed by atoms with E-state index in [0.717, 1.165) is 0 Å². The summed E-state index contributed by atoms with van der Waals surface area (Å²) in [6.45, 7) is 8.45. The highest BCUT2D eigenvalue weighted by Gasteiger charge is 2.18. The lowest BCUT2D eigenvalue weighted by Crippen LogP contribution is -2.31. The molecule has 0 aliphatic carbocycles. The van der Waals surface area contributed by atoms with E-state index in [1.54, 1.807) is 0 Å². The number of carbonyl (C=O) groups is 1. The van der Waals surface area contributed by atoms with Gasteiger partial charge in [0, 0.05) is 6.04 Å². The van der Waals surface area contributed by atoms with Crippen LogP contribution in [0.2, 0.25) is 5.15 Å². The van der Waals surface area contributed by atoms with Crippen LogP contribution in [0.4, 0.5) is 5.82 Å². The molecule has 0 saturated heterocycles. The number of halogens is 1. The zero-order valence-corrected chi connectivity index (χ0v) is 11.8. The fourth-order valence-electron chi connectivity index (χ4n) is 1.97. The lowest BCUT2D eigenvalue weighted by molar-refractivity contribution is 0.0697. The molecule has 18 heavy (non-hydrogen) atoms. The van der Waals surface area contributed by atoms with Crippen LogP contribution in [0.1, 0.15) is 38.1 Å². The minimum atomic E-state index is -1.01. The Kier molecular flexibility index (Phi) is 4.96. The summed E-state index contributed by atoms with van der Waals surface area (Å²) in [5.74, 6) is 0.332. The van der Waals surface area contributed by atoms with E-state index in [1.807, 2.05) is 0 Å². The number of aromatic carboxylic acids is 1. The Hall–Kier alpha value is -1.29. The van der Waals surface area contributed by atoms with Crippen molar-refractivity contribution in [3.63, 3.8) is 0 Å². The molecule has 0 spiro atoms. The van der Waals surface area contributed by atoms with Gasteiger partial charge in [-0.25, -0.2) is 9.78 Å². The number of carboxylic acid groups (broad SMARTS) is 1. The molecule has 0 aliphatic heterocycles. The predicted octanol–water partition coefficient (Wildman–Crippen LogP) is 3.53. The summed E-state index contributed by atoms with van der Waals surface area (Å²) in [5, 5.41) is 12.4.